The second kappa shape index (κ2) is 6.61. The number of hydrogen-bond donors (Lipinski definition) is 2. The van der Waals surface area contributed by atoms with E-state index in [1.807, 2.05) is 13.8 Å². The fourth-order valence-corrected chi connectivity index (χ4v) is 3.27. The van der Waals surface area contributed by atoms with Crippen LogP contribution in [0.2, 0.25) is 0 Å². The Morgan fingerprint density at radius 1 is 1.29 bits per heavy atom. The lowest BCUT2D eigenvalue weighted by molar-refractivity contribution is -0.150. The van der Waals surface area contributed by atoms with Gasteiger partial charge in [0.05, 0.1) is 0 Å². The van der Waals surface area contributed by atoms with Crippen molar-refractivity contribution in [2.45, 2.75) is 77.6 Å². The molecule has 0 radical (unpaired) electrons. The maximum atomic E-state index is 13.0. The number of carbonyl (C=O) groups excluding carboxylic acids is 2. The van der Waals surface area contributed by atoms with Crippen LogP contribution in [0.5, 0.6) is 0 Å². The number of carboxylic acids is 1. The summed E-state index contributed by atoms with van der Waals surface area (Å²) < 4.78 is 5.25. The molecule has 7 nitrogen and oxygen atoms in total. The maximum Gasteiger partial charge on any atom is 0.408 e. The Kier molecular flexibility index (Phi) is 5.11. The summed E-state index contributed by atoms with van der Waals surface area (Å²) >= 11 is 0. The van der Waals surface area contributed by atoms with E-state index in [1.165, 1.54) is 4.90 Å². The number of amides is 2. The van der Waals surface area contributed by atoms with E-state index in [-0.39, 0.29) is 23.8 Å². The minimum Gasteiger partial charge on any atom is -0.480 e. The first-order valence-corrected chi connectivity index (χ1v) is 8.59. The van der Waals surface area contributed by atoms with E-state index in [1.54, 1.807) is 20.8 Å². The smallest absolute Gasteiger partial charge is 0.408 e. The van der Waals surface area contributed by atoms with Gasteiger partial charge >= 0.3 is 12.1 Å². The zero-order valence-corrected chi connectivity index (χ0v) is 15.0. The van der Waals surface area contributed by atoms with Crippen LogP contribution < -0.4 is 5.32 Å². The van der Waals surface area contributed by atoms with Crippen LogP contribution in [-0.2, 0) is 14.3 Å². The van der Waals surface area contributed by atoms with Crippen molar-refractivity contribution < 1.29 is 24.2 Å². The molecule has 136 valence electrons. The van der Waals surface area contributed by atoms with Crippen LogP contribution in [0.1, 0.15) is 53.9 Å². The predicted molar refractivity (Wildman–Crippen MR) is 87.4 cm³/mol. The number of carboxylic acid groups (broad SMARTS) is 1. The van der Waals surface area contributed by atoms with Crippen molar-refractivity contribution in [3.63, 3.8) is 0 Å². The van der Waals surface area contributed by atoms with E-state index < -0.39 is 29.7 Å². The third-order valence-electron chi connectivity index (χ3n) is 4.80. The fourth-order valence-electron chi connectivity index (χ4n) is 3.27. The molecule has 1 aliphatic heterocycles. The highest BCUT2D eigenvalue weighted by molar-refractivity contribution is 5.91. The van der Waals surface area contributed by atoms with Gasteiger partial charge < -0.3 is 20.1 Å². The molecule has 2 unspecified atom stereocenters. The Morgan fingerprint density at radius 2 is 1.92 bits per heavy atom. The molecule has 2 N–H and O–H groups in total. The number of piperidine rings is 1. The molecule has 1 aliphatic carbocycles. The molecule has 0 bridgehead atoms. The molecular formula is C17H28N2O5. The van der Waals surface area contributed by atoms with E-state index >= 15 is 0 Å². The van der Waals surface area contributed by atoms with Crippen molar-refractivity contribution in [3.8, 4) is 0 Å². The van der Waals surface area contributed by atoms with Crippen LogP contribution >= 0.6 is 0 Å². The zero-order chi connectivity index (χ0) is 18.2. The van der Waals surface area contributed by atoms with Crippen molar-refractivity contribution >= 4 is 18.0 Å². The molecular weight excluding hydrogens is 312 g/mol. The summed E-state index contributed by atoms with van der Waals surface area (Å²) in [5.74, 6) is -1.12. The molecule has 7 heteroatoms. The van der Waals surface area contributed by atoms with Crippen LogP contribution in [0.4, 0.5) is 4.79 Å². The van der Waals surface area contributed by atoms with Gasteiger partial charge in [0.25, 0.3) is 0 Å². The van der Waals surface area contributed by atoms with Gasteiger partial charge in [-0.3, -0.25) is 4.79 Å². The molecule has 2 amide bonds. The Hall–Kier alpha value is -1.79. The average molecular weight is 340 g/mol. The molecule has 0 aromatic carbocycles. The van der Waals surface area contributed by atoms with Gasteiger partial charge in [-0.05, 0) is 45.4 Å². The second-order valence-electron chi connectivity index (χ2n) is 7.91. The third kappa shape index (κ3) is 3.99. The van der Waals surface area contributed by atoms with Crippen LogP contribution in [0.25, 0.3) is 0 Å². The van der Waals surface area contributed by atoms with Crippen molar-refractivity contribution in [3.05, 3.63) is 0 Å². The molecule has 0 aromatic heterocycles. The lowest BCUT2D eigenvalue weighted by atomic mass is 9.97. The number of carbonyl (C=O) groups is 3. The Bertz CT molecular complexity index is 528. The van der Waals surface area contributed by atoms with Crippen molar-refractivity contribution in [2.75, 3.05) is 0 Å². The predicted octanol–water partition coefficient (Wildman–Crippen LogP) is 2.00. The summed E-state index contributed by atoms with van der Waals surface area (Å²) in [5.41, 5.74) is -0.661. The first-order chi connectivity index (χ1) is 11.0. The standard InChI is InChI=1S/C17H28N2O5/c1-6-9(2)13(18-16(23)24-17(3,4)5)14(20)19-11-7-10(11)8-12(19)15(21)22/h9-13H,6-8H2,1-5H3,(H,18,23)(H,21,22)/t9?,10?,11-,12-,13-/m0/s1. The molecule has 1 heterocycles. The maximum absolute atomic E-state index is 13.0. The Balaban J connectivity index is 2.13. The fraction of sp³-hybridized carbons (Fsp3) is 0.824. The highest BCUT2D eigenvalue weighted by atomic mass is 16.6. The van der Waals surface area contributed by atoms with E-state index in [9.17, 15) is 19.5 Å². The molecule has 0 aromatic rings. The van der Waals surface area contributed by atoms with Crippen LogP contribution in [0.3, 0.4) is 0 Å². The number of ether oxygens (including phenoxy) is 1. The SMILES string of the molecule is CCC(C)[C@H](NC(=O)OC(C)(C)C)C(=O)N1[C@H](C(=O)O)CC2C[C@@H]21. The molecule has 24 heavy (non-hydrogen) atoms. The van der Waals surface area contributed by atoms with Crippen molar-refractivity contribution in [1.82, 2.24) is 10.2 Å². The molecule has 1 saturated heterocycles. The highest BCUT2D eigenvalue weighted by Crippen LogP contribution is 2.48. The molecule has 2 aliphatic rings. The van der Waals surface area contributed by atoms with Crippen molar-refractivity contribution in [1.29, 1.82) is 0 Å². The van der Waals surface area contributed by atoms with Gasteiger partial charge in [0, 0.05) is 6.04 Å². The minimum atomic E-state index is -0.976. The number of aliphatic carboxylic acids is 1. The number of nitrogens with one attached hydrogen (secondary N) is 1. The first kappa shape index (κ1) is 18.5. The summed E-state index contributed by atoms with van der Waals surface area (Å²) in [4.78, 5) is 38.0. The number of rotatable bonds is 5. The van der Waals surface area contributed by atoms with E-state index in [4.69, 9.17) is 4.74 Å². The number of fused-ring (bicyclic) bond motifs is 1. The number of nitrogens with zero attached hydrogens (tertiary/aromatic N) is 1. The van der Waals surface area contributed by atoms with E-state index in [0.29, 0.717) is 12.8 Å². The van der Waals surface area contributed by atoms with E-state index in [2.05, 4.69) is 5.32 Å². The van der Waals surface area contributed by atoms with Gasteiger partial charge in [-0.25, -0.2) is 9.59 Å². The number of alkyl carbamates (subject to hydrolysis) is 1. The van der Waals surface area contributed by atoms with Gasteiger partial charge in [-0.1, -0.05) is 20.3 Å². The Morgan fingerprint density at radius 3 is 2.42 bits per heavy atom. The number of hydrogen-bond acceptors (Lipinski definition) is 4. The van der Waals surface area contributed by atoms with E-state index in [0.717, 1.165) is 6.42 Å². The molecule has 1 saturated carbocycles. The first-order valence-electron chi connectivity index (χ1n) is 8.59. The van der Waals surface area contributed by atoms with Gasteiger partial charge in [0.15, 0.2) is 0 Å². The molecule has 2 rings (SSSR count). The highest BCUT2D eigenvalue weighted by Gasteiger charge is 2.57. The van der Waals surface area contributed by atoms with Gasteiger partial charge in [-0.2, -0.15) is 0 Å². The lowest BCUT2D eigenvalue weighted by Gasteiger charge is -2.32. The summed E-state index contributed by atoms with van der Waals surface area (Å²) in [5, 5.41) is 12.0. The zero-order valence-electron chi connectivity index (χ0n) is 15.0. The normalized spacial score (nSPS) is 27.9. The van der Waals surface area contributed by atoms with Crippen LogP contribution in [0, 0.1) is 11.8 Å². The van der Waals surface area contributed by atoms with Crippen LogP contribution in [0.15, 0.2) is 0 Å². The summed E-state index contributed by atoms with van der Waals surface area (Å²) in [6.07, 6.45) is 1.39. The molecule has 5 atom stereocenters. The third-order valence-corrected chi connectivity index (χ3v) is 4.80. The topological polar surface area (TPSA) is 95.9 Å². The quantitative estimate of drug-likeness (QED) is 0.798. The lowest BCUT2D eigenvalue weighted by Crippen LogP contribution is -2.55. The van der Waals surface area contributed by atoms with Crippen molar-refractivity contribution in [2.24, 2.45) is 11.8 Å². The minimum absolute atomic E-state index is 0.00518. The second-order valence-corrected chi connectivity index (χ2v) is 7.91. The van der Waals surface area contributed by atoms with Crippen LogP contribution in [-0.4, -0.2) is 51.7 Å². The summed E-state index contributed by atoms with van der Waals surface area (Å²) in [7, 11) is 0. The van der Waals surface area contributed by atoms with Gasteiger partial charge in [0.2, 0.25) is 5.91 Å². The average Bonchev–Trinajstić information content (AvgIpc) is 3.11. The Labute approximate surface area is 142 Å². The summed E-state index contributed by atoms with van der Waals surface area (Å²) in [6.45, 7) is 9.06. The van der Waals surface area contributed by atoms with Gasteiger partial charge in [0.1, 0.15) is 17.7 Å². The summed E-state index contributed by atoms with van der Waals surface area (Å²) in [6, 6.07) is -1.55. The molecule has 2 fully saturated rings. The molecule has 0 spiro atoms. The number of likely N-dealkylation sites (tertiary alicyclic amines) is 1. The monoisotopic (exact) mass is 340 g/mol. The van der Waals surface area contributed by atoms with Gasteiger partial charge in [-0.15, -0.1) is 0 Å². The largest absolute Gasteiger partial charge is 0.480 e.